The number of methoxy groups -OCH3 is 1. The van der Waals surface area contributed by atoms with Crippen LogP contribution in [0.2, 0.25) is 0 Å². The summed E-state index contributed by atoms with van der Waals surface area (Å²) in [5.74, 6) is -0.707. The maximum absolute atomic E-state index is 10.5. The molecule has 5 nitrogen and oxygen atoms in total. The first kappa shape index (κ1) is 10.6. The van der Waals surface area contributed by atoms with Crippen molar-refractivity contribution in [2.45, 2.75) is 13.0 Å². The van der Waals surface area contributed by atoms with Gasteiger partial charge in [0, 0.05) is 19.2 Å². The molecule has 1 heterocycles. The minimum absolute atomic E-state index is 0.0721. The van der Waals surface area contributed by atoms with Crippen molar-refractivity contribution in [2.24, 2.45) is 0 Å². The van der Waals surface area contributed by atoms with Crippen molar-refractivity contribution in [3.05, 3.63) is 17.9 Å². The first-order chi connectivity index (χ1) is 6.63. The van der Waals surface area contributed by atoms with Crippen LogP contribution in [0, 0.1) is 0 Å². The smallest absolute Gasteiger partial charge is 0.371 e. The van der Waals surface area contributed by atoms with E-state index in [1.807, 2.05) is 6.92 Å². The third kappa shape index (κ3) is 2.77. The third-order valence-corrected chi connectivity index (χ3v) is 1.62. The van der Waals surface area contributed by atoms with Gasteiger partial charge in [-0.05, 0) is 13.0 Å². The second-order valence-electron chi connectivity index (χ2n) is 2.97. The van der Waals surface area contributed by atoms with Crippen molar-refractivity contribution >= 4 is 11.9 Å². The largest absolute Gasteiger partial charge is 0.475 e. The summed E-state index contributed by atoms with van der Waals surface area (Å²) in [5, 5.41) is 11.6. The molecule has 0 aliphatic rings. The minimum Gasteiger partial charge on any atom is -0.475 e. The molecule has 78 valence electrons. The first-order valence-electron chi connectivity index (χ1n) is 4.22. The van der Waals surface area contributed by atoms with Crippen LogP contribution in [0.15, 0.2) is 16.5 Å². The Morgan fingerprint density at radius 1 is 1.71 bits per heavy atom. The third-order valence-electron chi connectivity index (χ3n) is 1.62. The fraction of sp³-hybridized carbons (Fsp3) is 0.444. The lowest BCUT2D eigenvalue weighted by molar-refractivity contribution is 0.0663. The lowest BCUT2D eigenvalue weighted by atomic mass is 10.3. The van der Waals surface area contributed by atoms with Gasteiger partial charge in [-0.3, -0.25) is 0 Å². The van der Waals surface area contributed by atoms with Gasteiger partial charge in [-0.2, -0.15) is 0 Å². The van der Waals surface area contributed by atoms with Gasteiger partial charge in [0.25, 0.3) is 0 Å². The number of aromatic carboxylic acids is 1. The standard InChI is InChI=1S/C9H13NO4/c1-6(5-13-2)10-8-4-3-7(14-8)9(11)12/h3-4,6,10H,5H2,1-2H3,(H,11,12). The van der Waals surface area contributed by atoms with Gasteiger partial charge in [-0.1, -0.05) is 0 Å². The first-order valence-corrected chi connectivity index (χ1v) is 4.22. The van der Waals surface area contributed by atoms with Crippen LogP contribution >= 0.6 is 0 Å². The quantitative estimate of drug-likeness (QED) is 0.750. The van der Waals surface area contributed by atoms with Gasteiger partial charge < -0.3 is 19.6 Å². The minimum atomic E-state index is -1.07. The highest BCUT2D eigenvalue weighted by Gasteiger charge is 2.10. The number of nitrogens with one attached hydrogen (secondary N) is 1. The highest BCUT2D eigenvalue weighted by atomic mass is 16.5. The molecule has 0 saturated heterocycles. The van der Waals surface area contributed by atoms with Crippen molar-refractivity contribution in [3.8, 4) is 0 Å². The fourth-order valence-electron chi connectivity index (χ4n) is 1.06. The topological polar surface area (TPSA) is 71.7 Å². The Bertz CT molecular complexity index is 308. The average molecular weight is 199 g/mol. The molecule has 0 amide bonds. The highest BCUT2D eigenvalue weighted by Crippen LogP contribution is 2.14. The zero-order valence-corrected chi connectivity index (χ0v) is 8.11. The maximum Gasteiger partial charge on any atom is 0.371 e. The number of ether oxygens (including phenoxy) is 1. The molecule has 1 aromatic heterocycles. The van der Waals surface area contributed by atoms with E-state index in [0.717, 1.165) is 0 Å². The number of furan rings is 1. The zero-order chi connectivity index (χ0) is 10.6. The number of rotatable bonds is 5. The Morgan fingerprint density at radius 3 is 2.93 bits per heavy atom. The second-order valence-corrected chi connectivity index (χ2v) is 2.97. The Balaban J connectivity index is 2.55. The molecule has 0 fully saturated rings. The molecular weight excluding hydrogens is 186 g/mol. The molecule has 1 unspecified atom stereocenters. The lowest BCUT2D eigenvalue weighted by Gasteiger charge is -2.10. The molecular formula is C9H13NO4. The van der Waals surface area contributed by atoms with Crippen LogP contribution in [0.3, 0.4) is 0 Å². The van der Waals surface area contributed by atoms with Crippen molar-refractivity contribution in [1.29, 1.82) is 0 Å². The molecule has 1 aromatic rings. The molecule has 0 spiro atoms. The van der Waals surface area contributed by atoms with E-state index >= 15 is 0 Å². The summed E-state index contributed by atoms with van der Waals surface area (Å²) in [6.07, 6.45) is 0. The Kier molecular flexibility index (Phi) is 3.53. The molecule has 14 heavy (non-hydrogen) atoms. The molecule has 5 heteroatoms. The van der Waals surface area contributed by atoms with Gasteiger partial charge >= 0.3 is 5.97 Å². The van der Waals surface area contributed by atoms with Crippen LogP contribution in [0.5, 0.6) is 0 Å². The van der Waals surface area contributed by atoms with Crippen LogP contribution in [-0.2, 0) is 4.74 Å². The van der Waals surface area contributed by atoms with E-state index in [2.05, 4.69) is 5.32 Å². The Hall–Kier alpha value is -1.49. The predicted octanol–water partition coefficient (Wildman–Crippen LogP) is 1.42. The summed E-state index contributed by atoms with van der Waals surface area (Å²) >= 11 is 0. The van der Waals surface area contributed by atoms with Gasteiger partial charge in [0.1, 0.15) is 0 Å². The van der Waals surface area contributed by atoms with Gasteiger partial charge in [0.15, 0.2) is 5.88 Å². The summed E-state index contributed by atoms with van der Waals surface area (Å²) in [5.41, 5.74) is 0. The number of carboxylic acid groups (broad SMARTS) is 1. The molecule has 0 aliphatic carbocycles. The van der Waals surface area contributed by atoms with Gasteiger partial charge in [-0.15, -0.1) is 0 Å². The molecule has 0 radical (unpaired) electrons. The highest BCUT2D eigenvalue weighted by molar-refractivity contribution is 5.84. The number of carboxylic acids is 1. The monoisotopic (exact) mass is 199 g/mol. The van der Waals surface area contributed by atoms with Gasteiger partial charge in [0.2, 0.25) is 5.76 Å². The van der Waals surface area contributed by atoms with Crippen molar-refractivity contribution in [3.63, 3.8) is 0 Å². The normalized spacial score (nSPS) is 12.4. The maximum atomic E-state index is 10.5. The van der Waals surface area contributed by atoms with Crippen molar-refractivity contribution in [2.75, 3.05) is 19.0 Å². The molecule has 2 N–H and O–H groups in total. The van der Waals surface area contributed by atoms with Crippen LogP contribution in [0.25, 0.3) is 0 Å². The molecule has 0 aromatic carbocycles. The van der Waals surface area contributed by atoms with E-state index in [1.165, 1.54) is 6.07 Å². The van der Waals surface area contributed by atoms with Gasteiger partial charge in [0.05, 0.1) is 6.61 Å². The SMILES string of the molecule is COCC(C)Nc1ccc(C(=O)O)o1. The molecule has 0 saturated carbocycles. The summed E-state index contributed by atoms with van der Waals surface area (Å²) in [4.78, 5) is 10.5. The summed E-state index contributed by atoms with van der Waals surface area (Å²) in [6.45, 7) is 2.44. The van der Waals surface area contributed by atoms with E-state index in [4.69, 9.17) is 14.3 Å². The number of carbonyl (C=O) groups is 1. The fourth-order valence-corrected chi connectivity index (χ4v) is 1.06. The van der Waals surface area contributed by atoms with E-state index in [1.54, 1.807) is 13.2 Å². The number of hydrogen-bond donors (Lipinski definition) is 2. The van der Waals surface area contributed by atoms with E-state index in [-0.39, 0.29) is 11.8 Å². The van der Waals surface area contributed by atoms with E-state index < -0.39 is 5.97 Å². The molecule has 0 bridgehead atoms. The number of hydrogen-bond acceptors (Lipinski definition) is 4. The molecule has 1 rings (SSSR count). The van der Waals surface area contributed by atoms with E-state index in [0.29, 0.717) is 12.5 Å². The lowest BCUT2D eigenvalue weighted by Crippen LogP contribution is -2.20. The van der Waals surface area contributed by atoms with Crippen molar-refractivity contribution < 1.29 is 19.1 Å². The zero-order valence-electron chi connectivity index (χ0n) is 8.11. The second kappa shape index (κ2) is 4.66. The van der Waals surface area contributed by atoms with Crippen LogP contribution in [0.4, 0.5) is 5.88 Å². The van der Waals surface area contributed by atoms with Crippen LogP contribution in [-0.4, -0.2) is 30.8 Å². The summed E-state index contributed by atoms with van der Waals surface area (Å²) in [6, 6.07) is 3.06. The van der Waals surface area contributed by atoms with Crippen LogP contribution in [0.1, 0.15) is 17.5 Å². The average Bonchev–Trinajstić information content (AvgIpc) is 2.53. The Morgan fingerprint density at radius 2 is 2.43 bits per heavy atom. The predicted molar refractivity (Wildman–Crippen MR) is 50.6 cm³/mol. The summed E-state index contributed by atoms with van der Waals surface area (Å²) < 4.78 is 9.91. The summed E-state index contributed by atoms with van der Waals surface area (Å²) in [7, 11) is 1.60. The Labute approximate surface area is 81.7 Å². The van der Waals surface area contributed by atoms with Crippen molar-refractivity contribution in [1.82, 2.24) is 0 Å². The molecule has 0 aliphatic heterocycles. The van der Waals surface area contributed by atoms with Crippen LogP contribution < -0.4 is 5.32 Å². The van der Waals surface area contributed by atoms with E-state index in [9.17, 15) is 4.79 Å². The van der Waals surface area contributed by atoms with Gasteiger partial charge in [-0.25, -0.2) is 4.79 Å². The number of anilines is 1. The molecule has 1 atom stereocenters.